The highest BCUT2D eigenvalue weighted by Gasteiger charge is 1.96. The van der Waals surface area contributed by atoms with Crippen molar-refractivity contribution in [3.63, 3.8) is 0 Å². The summed E-state index contributed by atoms with van der Waals surface area (Å²) in [4.78, 5) is 7.15. The summed E-state index contributed by atoms with van der Waals surface area (Å²) >= 11 is 0. The lowest BCUT2D eigenvalue weighted by Gasteiger charge is -1.95. The van der Waals surface area contributed by atoms with Crippen LogP contribution in [0.25, 0.3) is 4.85 Å². The van der Waals surface area contributed by atoms with Gasteiger partial charge in [0.05, 0.1) is 6.57 Å². The molecule has 0 saturated heterocycles. The highest BCUT2D eigenvalue weighted by molar-refractivity contribution is 5.51. The molecule has 0 saturated carbocycles. The Hall–Kier alpha value is -1.56. The normalized spacial score (nSPS) is 8.80. The lowest BCUT2D eigenvalue weighted by Crippen LogP contribution is -1.90. The average Bonchev–Trinajstić information content (AvgIpc) is 1.88. The molecule has 0 unspecified atom stereocenters. The topological polar surface area (TPSA) is 43.3 Å². The van der Waals surface area contributed by atoms with Gasteiger partial charge in [-0.05, 0) is 13.0 Å². The maximum Gasteiger partial charge on any atom is 0.208 e. The number of pyridine rings is 1. The van der Waals surface area contributed by atoms with Gasteiger partial charge in [-0.25, -0.2) is 9.83 Å². The van der Waals surface area contributed by atoms with Gasteiger partial charge in [0.15, 0.2) is 0 Å². The maximum atomic E-state index is 6.70. The Balaban J connectivity index is 3.23. The van der Waals surface area contributed by atoms with Crippen molar-refractivity contribution in [3.8, 4) is 0 Å². The first-order valence-corrected chi connectivity index (χ1v) is 2.84. The van der Waals surface area contributed by atoms with E-state index in [9.17, 15) is 0 Å². The van der Waals surface area contributed by atoms with E-state index >= 15 is 0 Å². The Morgan fingerprint density at radius 2 is 2.30 bits per heavy atom. The molecule has 0 spiro atoms. The van der Waals surface area contributed by atoms with Crippen molar-refractivity contribution in [2.45, 2.75) is 6.92 Å². The predicted molar refractivity (Wildman–Crippen MR) is 39.6 cm³/mol. The summed E-state index contributed by atoms with van der Waals surface area (Å²) in [5.74, 6) is 0.463. The Bertz CT molecular complexity index is 285. The fourth-order valence-corrected chi connectivity index (χ4v) is 0.691. The molecule has 0 aliphatic rings. The molecule has 0 aliphatic heterocycles. The molecule has 0 fully saturated rings. The van der Waals surface area contributed by atoms with Crippen molar-refractivity contribution in [2.24, 2.45) is 0 Å². The largest absolute Gasteiger partial charge is 0.384 e. The zero-order chi connectivity index (χ0) is 7.56. The van der Waals surface area contributed by atoms with Crippen LogP contribution >= 0.6 is 0 Å². The average molecular weight is 133 g/mol. The Labute approximate surface area is 59.3 Å². The minimum atomic E-state index is 0.463. The molecule has 2 N–H and O–H groups in total. The summed E-state index contributed by atoms with van der Waals surface area (Å²) in [5, 5.41) is 0. The summed E-state index contributed by atoms with van der Waals surface area (Å²) in [6.07, 6.45) is 0. The molecule has 3 nitrogen and oxygen atoms in total. The number of hydrogen-bond donors (Lipinski definition) is 1. The Kier molecular flexibility index (Phi) is 1.55. The number of nitrogens with two attached hydrogens (primary N) is 1. The third-order valence-electron chi connectivity index (χ3n) is 1.20. The van der Waals surface area contributed by atoms with Gasteiger partial charge in [-0.1, -0.05) is 6.07 Å². The number of aromatic nitrogens is 1. The van der Waals surface area contributed by atoms with E-state index in [4.69, 9.17) is 12.3 Å². The third kappa shape index (κ3) is 1.06. The van der Waals surface area contributed by atoms with Crippen molar-refractivity contribution >= 4 is 11.5 Å². The molecule has 0 atom stereocenters. The minimum absolute atomic E-state index is 0.463. The van der Waals surface area contributed by atoms with Gasteiger partial charge in [-0.15, -0.1) is 0 Å². The standard InChI is InChI=1S/C7H7N3/c1-5-6(9-2)3-4-7(8)10-5/h3-4H,1H3,(H2,8,10). The van der Waals surface area contributed by atoms with E-state index < -0.39 is 0 Å². The quantitative estimate of drug-likeness (QED) is 0.545. The van der Waals surface area contributed by atoms with Crippen LogP contribution in [0.15, 0.2) is 12.1 Å². The van der Waals surface area contributed by atoms with Crippen molar-refractivity contribution in [2.75, 3.05) is 5.73 Å². The highest BCUT2D eigenvalue weighted by atomic mass is 14.9. The van der Waals surface area contributed by atoms with Gasteiger partial charge < -0.3 is 5.73 Å². The molecule has 1 heterocycles. The number of hydrogen-bond acceptors (Lipinski definition) is 2. The minimum Gasteiger partial charge on any atom is -0.384 e. The van der Waals surface area contributed by atoms with Gasteiger partial charge in [-0.2, -0.15) is 0 Å². The van der Waals surface area contributed by atoms with Crippen LogP contribution in [0, 0.1) is 13.5 Å². The zero-order valence-corrected chi connectivity index (χ0v) is 5.63. The first-order chi connectivity index (χ1) is 4.74. The van der Waals surface area contributed by atoms with E-state index in [1.807, 2.05) is 0 Å². The van der Waals surface area contributed by atoms with E-state index in [0.717, 1.165) is 0 Å². The first kappa shape index (κ1) is 6.56. The van der Waals surface area contributed by atoms with Crippen LogP contribution in [-0.4, -0.2) is 4.98 Å². The number of aryl methyl sites for hydroxylation is 1. The maximum absolute atomic E-state index is 6.70. The van der Waals surface area contributed by atoms with Crippen LogP contribution in [-0.2, 0) is 0 Å². The van der Waals surface area contributed by atoms with Gasteiger partial charge in [0.2, 0.25) is 5.69 Å². The smallest absolute Gasteiger partial charge is 0.208 e. The summed E-state index contributed by atoms with van der Waals surface area (Å²) in [7, 11) is 0. The second kappa shape index (κ2) is 2.36. The molecule has 0 aromatic carbocycles. The van der Waals surface area contributed by atoms with Crippen molar-refractivity contribution in [1.29, 1.82) is 0 Å². The van der Waals surface area contributed by atoms with Crippen LogP contribution in [0.2, 0.25) is 0 Å². The molecule has 10 heavy (non-hydrogen) atoms. The summed E-state index contributed by atoms with van der Waals surface area (Å²) in [6.45, 7) is 8.47. The Morgan fingerprint density at radius 3 is 2.80 bits per heavy atom. The zero-order valence-electron chi connectivity index (χ0n) is 5.63. The Morgan fingerprint density at radius 1 is 1.60 bits per heavy atom. The SMILES string of the molecule is [C-]#[N+]c1ccc(N)nc1C. The molecule has 1 aromatic heterocycles. The van der Waals surface area contributed by atoms with E-state index in [-0.39, 0.29) is 0 Å². The van der Waals surface area contributed by atoms with Gasteiger partial charge >= 0.3 is 0 Å². The molecule has 0 aliphatic carbocycles. The van der Waals surface area contributed by atoms with Crippen LogP contribution in [0.1, 0.15) is 5.69 Å². The van der Waals surface area contributed by atoms with Gasteiger partial charge in [0, 0.05) is 5.69 Å². The van der Waals surface area contributed by atoms with Gasteiger partial charge in [0.1, 0.15) is 5.82 Å². The van der Waals surface area contributed by atoms with E-state index in [1.54, 1.807) is 19.1 Å². The summed E-state index contributed by atoms with van der Waals surface area (Å²) < 4.78 is 0. The fraction of sp³-hybridized carbons (Fsp3) is 0.143. The number of anilines is 1. The van der Waals surface area contributed by atoms with Crippen LogP contribution < -0.4 is 5.73 Å². The highest BCUT2D eigenvalue weighted by Crippen LogP contribution is 2.16. The molecule has 1 aromatic rings. The summed E-state index contributed by atoms with van der Waals surface area (Å²) in [6, 6.07) is 3.30. The lowest BCUT2D eigenvalue weighted by molar-refractivity contribution is 1.22. The number of nitrogen functional groups attached to an aromatic ring is 1. The lowest BCUT2D eigenvalue weighted by atomic mass is 10.3. The molecule has 0 radical (unpaired) electrons. The predicted octanol–water partition coefficient (Wildman–Crippen LogP) is 1.52. The first-order valence-electron chi connectivity index (χ1n) is 2.84. The molecule has 0 bridgehead atoms. The van der Waals surface area contributed by atoms with Crippen molar-refractivity contribution in [3.05, 3.63) is 29.2 Å². The van der Waals surface area contributed by atoms with E-state index in [1.165, 1.54) is 0 Å². The molecule has 3 heteroatoms. The second-order valence-electron chi connectivity index (χ2n) is 1.95. The fourth-order valence-electron chi connectivity index (χ4n) is 0.691. The molecule has 1 rings (SSSR count). The molecular formula is C7H7N3. The number of nitrogens with zero attached hydrogens (tertiary/aromatic N) is 2. The van der Waals surface area contributed by atoms with Crippen LogP contribution in [0.5, 0.6) is 0 Å². The molecular weight excluding hydrogens is 126 g/mol. The summed E-state index contributed by atoms with van der Waals surface area (Å²) in [5.41, 5.74) is 6.62. The van der Waals surface area contributed by atoms with Gasteiger partial charge in [-0.3, -0.25) is 0 Å². The van der Waals surface area contributed by atoms with Gasteiger partial charge in [0.25, 0.3) is 0 Å². The van der Waals surface area contributed by atoms with Crippen molar-refractivity contribution in [1.82, 2.24) is 4.98 Å². The molecule has 50 valence electrons. The van der Waals surface area contributed by atoms with E-state index in [2.05, 4.69) is 9.83 Å². The van der Waals surface area contributed by atoms with Crippen molar-refractivity contribution < 1.29 is 0 Å². The van der Waals surface area contributed by atoms with Crippen LogP contribution in [0.3, 0.4) is 0 Å². The third-order valence-corrected chi connectivity index (χ3v) is 1.20. The monoisotopic (exact) mass is 133 g/mol. The van der Waals surface area contributed by atoms with E-state index in [0.29, 0.717) is 17.2 Å². The molecule has 0 amide bonds. The van der Waals surface area contributed by atoms with Crippen LogP contribution in [0.4, 0.5) is 11.5 Å². The number of rotatable bonds is 0. The second-order valence-corrected chi connectivity index (χ2v) is 1.95.